The van der Waals surface area contributed by atoms with Gasteiger partial charge in [-0.2, -0.15) is 0 Å². The maximum atomic E-state index is 12.3. The van der Waals surface area contributed by atoms with Crippen LogP contribution in [0.2, 0.25) is 0 Å². The monoisotopic (exact) mass is 289 g/mol. The molecule has 5 nitrogen and oxygen atoms in total. The van der Waals surface area contributed by atoms with Gasteiger partial charge in [-0.25, -0.2) is 4.79 Å². The van der Waals surface area contributed by atoms with Crippen LogP contribution in [0.5, 0.6) is 0 Å². The van der Waals surface area contributed by atoms with Crippen LogP contribution in [0.15, 0.2) is 24.3 Å². The van der Waals surface area contributed by atoms with Crippen LogP contribution in [-0.4, -0.2) is 37.0 Å². The van der Waals surface area contributed by atoms with Crippen molar-refractivity contribution >= 4 is 17.6 Å². The molecule has 21 heavy (non-hydrogen) atoms. The molecule has 1 aliphatic rings. The predicted octanol–water partition coefficient (Wildman–Crippen LogP) is 2.56. The van der Waals surface area contributed by atoms with Crippen molar-refractivity contribution in [2.75, 3.05) is 25.5 Å². The Morgan fingerprint density at radius 3 is 2.48 bits per heavy atom. The van der Waals surface area contributed by atoms with Crippen LogP contribution < -0.4 is 10.6 Å². The molecule has 1 aromatic rings. The second-order valence-electron chi connectivity index (χ2n) is 5.94. The fraction of sp³-hybridized carbons (Fsp3) is 0.500. The summed E-state index contributed by atoms with van der Waals surface area (Å²) >= 11 is 0. The van der Waals surface area contributed by atoms with Gasteiger partial charge >= 0.3 is 6.03 Å². The summed E-state index contributed by atoms with van der Waals surface area (Å²) in [4.78, 5) is 25.8. The third kappa shape index (κ3) is 3.97. The molecule has 1 heterocycles. The Morgan fingerprint density at radius 1 is 1.19 bits per heavy atom. The molecule has 0 radical (unpaired) electrons. The third-order valence-electron chi connectivity index (χ3n) is 3.76. The van der Waals surface area contributed by atoms with E-state index >= 15 is 0 Å². The lowest BCUT2D eigenvalue weighted by Crippen LogP contribution is -2.44. The van der Waals surface area contributed by atoms with Crippen molar-refractivity contribution in [3.05, 3.63) is 29.8 Å². The van der Waals surface area contributed by atoms with Gasteiger partial charge in [0.15, 0.2) is 0 Å². The van der Waals surface area contributed by atoms with Crippen molar-refractivity contribution in [3.8, 4) is 0 Å². The zero-order valence-electron chi connectivity index (χ0n) is 12.8. The number of hydrogen-bond acceptors (Lipinski definition) is 2. The normalized spacial score (nSPS) is 21.8. The second-order valence-corrected chi connectivity index (χ2v) is 5.94. The number of carbonyl (C=O) groups excluding carboxylic acids is 2. The van der Waals surface area contributed by atoms with E-state index in [0.717, 1.165) is 19.5 Å². The maximum absolute atomic E-state index is 12.3. The molecular formula is C16H23N3O2. The van der Waals surface area contributed by atoms with Gasteiger partial charge in [0.2, 0.25) is 0 Å². The minimum absolute atomic E-state index is 0.0949. The molecule has 1 saturated heterocycles. The molecule has 2 atom stereocenters. The number of nitrogens with zero attached hydrogens (tertiary/aromatic N) is 1. The summed E-state index contributed by atoms with van der Waals surface area (Å²) in [6.45, 7) is 5.90. The molecule has 1 aromatic carbocycles. The molecule has 0 spiro atoms. The average Bonchev–Trinajstić information content (AvgIpc) is 2.45. The topological polar surface area (TPSA) is 61.4 Å². The van der Waals surface area contributed by atoms with E-state index in [4.69, 9.17) is 0 Å². The van der Waals surface area contributed by atoms with E-state index in [1.165, 1.54) is 0 Å². The lowest BCUT2D eigenvalue weighted by molar-refractivity contribution is 0.0963. The molecule has 0 saturated carbocycles. The van der Waals surface area contributed by atoms with E-state index < -0.39 is 0 Å². The average molecular weight is 289 g/mol. The summed E-state index contributed by atoms with van der Waals surface area (Å²) in [6, 6.07) is 6.87. The number of hydrogen-bond donors (Lipinski definition) is 2. The Bertz CT molecular complexity index is 520. The fourth-order valence-electron chi connectivity index (χ4n) is 2.91. The Labute approximate surface area is 125 Å². The highest BCUT2D eigenvalue weighted by atomic mass is 16.2. The summed E-state index contributed by atoms with van der Waals surface area (Å²) in [5, 5.41) is 5.45. The smallest absolute Gasteiger partial charge is 0.321 e. The largest absolute Gasteiger partial charge is 0.355 e. The van der Waals surface area contributed by atoms with Crippen LogP contribution in [0, 0.1) is 11.8 Å². The van der Waals surface area contributed by atoms with Gasteiger partial charge in [0, 0.05) is 31.4 Å². The number of carbonyl (C=O) groups is 2. The predicted molar refractivity (Wildman–Crippen MR) is 83.4 cm³/mol. The number of amides is 3. The van der Waals surface area contributed by atoms with E-state index in [2.05, 4.69) is 24.5 Å². The summed E-state index contributed by atoms with van der Waals surface area (Å²) < 4.78 is 0. The number of anilines is 1. The van der Waals surface area contributed by atoms with Gasteiger partial charge in [-0.05, 0) is 36.5 Å². The van der Waals surface area contributed by atoms with Crippen LogP contribution in [0.4, 0.5) is 10.5 Å². The highest BCUT2D eigenvalue weighted by Gasteiger charge is 2.25. The van der Waals surface area contributed by atoms with Gasteiger partial charge in [-0.1, -0.05) is 19.9 Å². The molecule has 1 aliphatic heterocycles. The third-order valence-corrected chi connectivity index (χ3v) is 3.76. The lowest BCUT2D eigenvalue weighted by Gasteiger charge is -2.34. The van der Waals surface area contributed by atoms with Gasteiger partial charge in [-0.3, -0.25) is 4.79 Å². The van der Waals surface area contributed by atoms with Crippen molar-refractivity contribution in [3.63, 3.8) is 0 Å². The summed E-state index contributed by atoms with van der Waals surface area (Å²) in [5.41, 5.74) is 1.18. The highest BCUT2D eigenvalue weighted by molar-refractivity contribution is 5.96. The molecule has 0 unspecified atom stereocenters. The van der Waals surface area contributed by atoms with Crippen LogP contribution >= 0.6 is 0 Å². The van der Waals surface area contributed by atoms with Crippen molar-refractivity contribution in [1.29, 1.82) is 0 Å². The van der Waals surface area contributed by atoms with Gasteiger partial charge in [0.05, 0.1) is 0 Å². The zero-order valence-corrected chi connectivity index (χ0v) is 12.8. The molecule has 5 heteroatoms. The van der Waals surface area contributed by atoms with E-state index in [1.807, 2.05) is 4.90 Å². The minimum atomic E-state index is -0.161. The van der Waals surface area contributed by atoms with E-state index in [-0.39, 0.29) is 11.9 Å². The molecule has 0 aliphatic carbocycles. The molecule has 114 valence electrons. The van der Waals surface area contributed by atoms with Crippen molar-refractivity contribution < 1.29 is 9.59 Å². The van der Waals surface area contributed by atoms with Crippen LogP contribution in [0.3, 0.4) is 0 Å². The number of likely N-dealkylation sites (tertiary alicyclic amines) is 1. The van der Waals surface area contributed by atoms with Crippen LogP contribution in [0.25, 0.3) is 0 Å². The zero-order chi connectivity index (χ0) is 15.4. The van der Waals surface area contributed by atoms with Crippen molar-refractivity contribution in [2.45, 2.75) is 20.3 Å². The number of nitrogens with one attached hydrogen (secondary N) is 2. The van der Waals surface area contributed by atoms with Gasteiger partial charge in [0.25, 0.3) is 5.91 Å². The Hall–Kier alpha value is -2.04. The summed E-state index contributed by atoms with van der Waals surface area (Å²) in [7, 11) is 1.59. The molecule has 2 N–H and O–H groups in total. The first-order chi connectivity index (χ1) is 9.99. The van der Waals surface area contributed by atoms with Crippen molar-refractivity contribution in [1.82, 2.24) is 10.2 Å². The Morgan fingerprint density at radius 2 is 1.86 bits per heavy atom. The highest BCUT2D eigenvalue weighted by Crippen LogP contribution is 2.22. The molecule has 2 rings (SSSR count). The standard InChI is InChI=1S/C16H23N3O2/c1-11-7-12(2)10-19(9-11)16(21)18-14-6-4-5-13(8-14)15(20)17-3/h4-6,8,11-12H,7,9-10H2,1-3H3,(H,17,20)(H,18,21)/t11-,12-/m0/s1. The number of urea groups is 1. The lowest BCUT2D eigenvalue weighted by atomic mass is 9.92. The first-order valence-electron chi connectivity index (χ1n) is 7.37. The van der Waals surface area contributed by atoms with E-state index in [0.29, 0.717) is 23.1 Å². The Balaban J connectivity index is 2.04. The first-order valence-corrected chi connectivity index (χ1v) is 7.37. The Kier molecular flexibility index (Phi) is 4.83. The van der Waals surface area contributed by atoms with Gasteiger partial charge in [0.1, 0.15) is 0 Å². The van der Waals surface area contributed by atoms with E-state index in [1.54, 1.807) is 31.3 Å². The quantitative estimate of drug-likeness (QED) is 0.879. The molecule has 0 aromatic heterocycles. The molecule has 1 fully saturated rings. The maximum Gasteiger partial charge on any atom is 0.321 e. The van der Waals surface area contributed by atoms with E-state index in [9.17, 15) is 9.59 Å². The molecular weight excluding hydrogens is 266 g/mol. The van der Waals surface area contributed by atoms with Gasteiger partial charge < -0.3 is 15.5 Å². The molecule has 3 amide bonds. The minimum Gasteiger partial charge on any atom is -0.355 e. The second kappa shape index (κ2) is 6.61. The van der Waals surface area contributed by atoms with Crippen molar-refractivity contribution in [2.24, 2.45) is 11.8 Å². The number of rotatable bonds is 2. The SMILES string of the molecule is CNC(=O)c1cccc(NC(=O)N2C[C@@H](C)C[C@H](C)C2)c1. The van der Waals surface area contributed by atoms with Crippen LogP contribution in [0.1, 0.15) is 30.6 Å². The summed E-state index contributed by atoms with van der Waals surface area (Å²) in [6.07, 6.45) is 1.16. The van der Waals surface area contributed by atoms with Gasteiger partial charge in [-0.15, -0.1) is 0 Å². The van der Waals surface area contributed by atoms with Crippen LogP contribution in [-0.2, 0) is 0 Å². The summed E-state index contributed by atoms with van der Waals surface area (Å²) in [5.74, 6) is 0.889. The fourth-order valence-corrected chi connectivity index (χ4v) is 2.91. The first kappa shape index (κ1) is 15.4. The number of benzene rings is 1. The number of piperidine rings is 1. The molecule has 0 bridgehead atoms.